The molecule has 2 aliphatic rings. The number of hydrogen-bond acceptors (Lipinski definition) is 1. The van der Waals surface area contributed by atoms with Crippen molar-refractivity contribution in [3.05, 3.63) is 24.8 Å². The molecule has 0 N–H and O–H groups in total. The molecule has 0 bridgehead atoms. The molecule has 1 saturated heterocycles. The summed E-state index contributed by atoms with van der Waals surface area (Å²) >= 11 is 0. The topological polar surface area (TPSA) is 3.24 Å². The number of fused-ring (bicyclic) bond motifs is 1. The molecule has 0 radical (unpaired) electrons. The molecule has 4 atom stereocenters. The van der Waals surface area contributed by atoms with Gasteiger partial charge in [0.05, 0.1) is 0 Å². The minimum atomic E-state index is 0.598. The lowest BCUT2D eigenvalue weighted by atomic mass is 9.78. The maximum absolute atomic E-state index is 4.04. The average molecular weight is 205 g/mol. The van der Waals surface area contributed by atoms with E-state index in [2.05, 4.69) is 43.7 Å². The van der Waals surface area contributed by atoms with Gasteiger partial charge in [0.2, 0.25) is 0 Å². The van der Waals surface area contributed by atoms with Crippen LogP contribution >= 0.6 is 0 Å². The van der Waals surface area contributed by atoms with Gasteiger partial charge in [-0.3, -0.25) is 4.90 Å². The first-order chi connectivity index (χ1) is 7.29. The van der Waals surface area contributed by atoms with Crippen LogP contribution in [0.5, 0.6) is 0 Å². The van der Waals surface area contributed by atoms with Gasteiger partial charge in [0.25, 0.3) is 0 Å². The molecule has 0 amide bonds. The Balaban J connectivity index is 2.22. The van der Waals surface area contributed by atoms with Gasteiger partial charge in [0, 0.05) is 12.1 Å². The molecule has 1 saturated carbocycles. The normalized spacial score (nSPS) is 42.0. The number of hydrogen-bond donors (Lipinski definition) is 0. The molecule has 0 aromatic heterocycles. The summed E-state index contributed by atoms with van der Waals surface area (Å²) in [6.07, 6.45) is 12.4. The van der Waals surface area contributed by atoms with Crippen molar-refractivity contribution in [3.63, 3.8) is 0 Å². The van der Waals surface area contributed by atoms with Crippen LogP contribution in [0, 0.1) is 11.8 Å². The summed E-state index contributed by atoms with van der Waals surface area (Å²) in [6.45, 7) is 6.16. The summed E-state index contributed by atoms with van der Waals surface area (Å²) in [5.41, 5.74) is 0. The highest BCUT2D eigenvalue weighted by atomic mass is 15.2. The van der Waals surface area contributed by atoms with Crippen LogP contribution in [0.2, 0.25) is 0 Å². The van der Waals surface area contributed by atoms with E-state index in [9.17, 15) is 0 Å². The smallest absolute Gasteiger partial charge is 0.0344 e. The zero-order valence-corrected chi connectivity index (χ0v) is 10.0. The molecular formula is C14H23N. The van der Waals surface area contributed by atoms with Gasteiger partial charge in [-0.1, -0.05) is 31.1 Å². The minimum Gasteiger partial charge on any atom is -0.296 e. The largest absolute Gasteiger partial charge is 0.296 e. The first kappa shape index (κ1) is 10.9. The summed E-state index contributed by atoms with van der Waals surface area (Å²) in [4.78, 5) is 2.58. The SMILES string of the molecule is C=CC1C(/C=C\C)N(C)C2CCCC[C@@H]12. The molecule has 15 heavy (non-hydrogen) atoms. The molecule has 1 nitrogen and oxygen atoms in total. The van der Waals surface area contributed by atoms with E-state index >= 15 is 0 Å². The van der Waals surface area contributed by atoms with Gasteiger partial charge < -0.3 is 0 Å². The predicted octanol–water partition coefficient (Wildman–Crippen LogP) is 3.24. The van der Waals surface area contributed by atoms with Crippen LogP contribution in [0.15, 0.2) is 24.8 Å². The Hall–Kier alpha value is -0.560. The van der Waals surface area contributed by atoms with Crippen molar-refractivity contribution in [2.75, 3.05) is 7.05 Å². The lowest BCUT2D eigenvalue weighted by molar-refractivity contribution is 0.199. The Morgan fingerprint density at radius 1 is 1.27 bits per heavy atom. The molecule has 84 valence electrons. The number of nitrogens with zero attached hydrogens (tertiary/aromatic N) is 1. The van der Waals surface area contributed by atoms with Crippen molar-refractivity contribution in [2.45, 2.75) is 44.7 Å². The Morgan fingerprint density at radius 3 is 2.67 bits per heavy atom. The van der Waals surface area contributed by atoms with Gasteiger partial charge in [-0.05, 0) is 38.6 Å². The summed E-state index contributed by atoms with van der Waals surface area (Å²) in [5.74, 6) is 1.54. The Kier molecular flexibility index (Phi) is 3.30. The fourth-order valence-corrected chi connectivity index (χ4v) is 3.62. The lowest BCUT2D eigenvalue weighted by Gasteiger charge is -2.30. The predicted molar refractivity (Wildman–Crippen MR) is 65.8 cm³/mol. The van der Waals surface area contributed by atoms with Crippen LogP contribution in [0.25, 0.3) is 0 Å². The van der Waals surface area contributed by atoms with Gasteiger partial charge in [-0.25, -0.2) is 0 Å². The van der Waals surface area contributed by atoms with Crippen LogP contribution in [-0.4, -0.2) is 24.0 Å². The van der Waals surface area contributed by atoms with E-state index < -0.39 is 0 Å². The van der Waals surface area contributed by atoms with E-state index in [1.54, 1.807) is 0 Å². The molecule has 0 aromatic carbocycles. The highest BCUT2D eigenvalue weighted by molar-refractivity contribution is 5.12. The first-order valence-corrected chi connectivity index (χ1v) is 6.27. The van der Waals surface area contributed by atoms with Gasteiger partial charge in [0.15, 0.2) is 0 Å². The third kappa shape index (κ3) is 1.78. The summed E-state index contributed by atoms with van der Waals surface area (Å²) in [7, 11) is 2.29. The molecule has 0 spiro atoms. The summed E-state index contributed by atoms with van der Waals surface area (Å²) in [5, 5.41) is 0. The van der Waals surface area contributed by atoms with Crippen molar-refractivity contribution in [1.82, 2.24) is 4.90 Å². The molecule has 0 aromatic rings. The second-order valence-electron chi connectivity index (χ2n) is 5.01. The lowest BCUT2D eigenvalue weighted by Crippen LogP contribution is -2.34. The Morgan fingerprint density at radius 2 is 2.00 bits per heavy atom. The van der Waals surface area contributed by atoms with Crippen LogP contribution in [0.4, 0.5) is 0 Å². The van der Waals surface area contributed by atoms with Gasteiger partial charge in [0.1, 0.15) is 0 Å². The number of likely N-dealkylation sites (N-methyl/N-ethyl adjacent to an activating group) is 1. The van der Waals surface area contributed by atoms with Crippen LogP contribution in [-0.2, 0) is 0 Å². The summed E-state index contributed by atoms with van der Waals surface area (Å²) in [6, 6.07) is 1.41. The average Bonchev–Trinajstić information content (AvgIpc) is 2.54. The maximum Gasteiger partial charge on any atom is 0.0344 e. The quantitative estimate of drug-likeness (QED) is 0.626. The van der Waals surface area contributed by atoms with E-state index in [0.29, 0.717) is 12.0 Å². The van der Waals surface area contributed by atoms with Crippen molar-refractivity contribution in [3.8, 4) is 0 Å². The zero-order chi connectivity index (χ0) is 10.8. The van der Waals surface area contributed by atoms with Gasteiger partial charge >= 0.3 is 0 Å². The second kappa shape index (κ2) is 4.52. The monoisotopic (exact) mass is 205 g/mol. The first-order valence-electron chi connectivity index (χ1n) is 6.27. The molecule has 2 fully saturated rings. The van der Waals surface area contributed by atoms with Crippen molar-refractivity contribution < 1.29 is 0 Å². The second-order valence-corrected chi connectivity index (χ2v) is 5.01. The standard InChI is InChI=1S/C14H23N/c1-4-8-13-11(5-2)12-9-6-7-10-14(12)15(13)3/h4-5,8,11-14H,2,6-7,9-10H2,1,3H3/b8-4-/t11?,12-,13?,14?/m0/s1. The third-order valence-corrected chi connectivity index (χ3v) is 4.33. The molecule has 1 aliphatic carbocycles. The molecular weight excluding hydrogens is 182 g/mol. The number of allylic oxidation sites excluding steroid dienone is 1. The third-order valence-electron chi connectivity index (χ3n) is 4.33. The highest BCUT2D eigenvalue weighted by Gasteiger charge is 2.44. The van der Waals surface area contributed by atoms with Crippen molar-refractivity contribution in [1.29, 1.82) is 0 Å². The maximum atomic E-state index is 4.04. The fourth-order valence-electron chi connectivity index (χ4n) is 3.62. The number of likely N-dealkylation sites (tertiary alicyclic amines) is 1. The van der Waals surface area contributed by atoms with E-state index in [0.717, 1.165) is 12.0 Å². The van der Waals surface area contributed by atoms with Crippen LogP contribution in [0.1, 0.15) is 32.6 Å². The van der Waals surface area contributed by atoms with Gasteiger partial charge in [-0.2, -0.15) is 0 Å². The zero-order valence-electron chi connectivity index (χ0n) is 10.0. The van der Waals surface area contributed by atoms with Crippen LogP contribution < -0.4 is 0 Å². The van der Waals surface area contributed by atoms with E-state index in [-0.39, 0.29) is 0 Å². The van der Waals surface area contributed by atoms with E-state index in [4.69, 9.17) is 0 Å². The molecule has 1 heterocycles. The fraction of sp³-hybridized carbons (Fsp3) is 0.714. The molecule has 1 heteroatoms. The van der Waals surface area contributed by atoms with Crippen LogP contribution in [0.3, 0.4) is 0 Å². The molecule has 1 aliphatic heterocycles. The molecule has 3 unspecified atom stereocenters. The molecule has 2 rings (SSSR count). The Labute approximate surface area is 93.9 Å². The minimum absolute atomic E-state index is 0.598. The van der Waals surface area contributed by atoms with E-state index in [1.165, 1.54) is 25.7 Å². The van der Waals surface area contributed by atoms with Crippen molar-refractivity contribution >= 4 is 0 Å². The Bertz CT molecular complexity index is 256. The summed E-state index contributed by atoms with van der Waals surface area (Å²) < 4.78 is 0. The van der Waals surface area contributed by atoms with Gasteiger partial charge in [-0.15, -0.1) is 6.58 Å². The van der Waals surface area contributed by atoms with Crippen molar-refractivity contribution in [2.24, 2.45) is 11.8 Å². The van der Waals surface area contributed by atoms with E-state index in [1.807, 2.05) is 0 Å². The highest BCUT2D eigenvalue weighted by Crippen LogP contribution is 2.43. The number of rotatable bonds is 2.